The molecule has 0 unspecified atom stereocenters. The van der Waals surface area contributed by atoms with Gasteiger partial charge in [0.25, 0.3) is 16.0 Å². The minimum atomic E-state index is -4.68. The third-order valence-electron chi connectivity index (χ3n) is 5.79. The predicted molar refractivity (Wildman–Crippen MR) is 149 cm³/mol. The third-order valence-corrected chi connectivity index (χ3v) is 7.34. The van der Waals surface area contributed by atoms with Crippen molar-refractivity contribution in [1.82, 2.24) is 0 Å². The Balaban J connectivity index is 0.00000441. The monoisotopic (exact) mass is 609 g/mol. The number of azo groups is 1. The Labute approximate surface area is 263 Å². The molecule has 4 aromatic carbocycles. The Hall–Kier alpha value is -2.70. The molecule has 0 fully saturated rings. The van der Waals surface area contributed by atoms with Gasteiger partial charge in [-0.25, -0.2) is 0 Å². The molecule has 0 heterocycles. The van der Waals surface area contributed by atoms with Crippen LogP contribution in [0.2, 0.25) is 10.0 Å². The van der Waals surface area contributed by atoms with Gasteiger partial charge >= 0.3 is 29.6 Å². The van der Waals surface area contributed by atoms with E-state index in [9.17, 15) is 22.9 Å². The van der Waals surface area contributed by atoms with Crippen molar-refractivity contribution in [3.8, 4) is 11.5 Å². The Kier molecular flexibility index (Phi) is 10.6. The third kappa shape index (κ3) is 6.77. The Morgan fingerprint density at radius 2 is 1.70 bits per heavy atom. The molecule has 0 saturated carbocycles. The van der Waals surface area contributed by atoms with Crippen LogP contribution in [0.1, 0.15) is 29.8 Å². The number of halogens is 2. The predicted octanol–water partition coefficient (Wildman–Crippen LogP) is 4.10. The van der Waals surface area contributed by atoms with Gasteiger partial charge in [-0.15, -0.1) is 5.11 Å². The number of amides is 1. The number of ether oxygens (including phenoxy) is 1. The SMILES string of the molecule is CCOc1ccc(NC(=O)c2cc3ccccc3c(N=Nc3c(S(=O)(=O)O)ccc(Cl)c3CC)c2[O-])c(Cl)c1.[Na+]. The van der Waals surface area contributed by atoms with Gasteiger partial charge in [-0.1, -0.05) is 60.1 Å². The van der Waals surface area contributed by atoms with Crippen LogP contribution in [0, 0.1) is 0 Å². The van der Waals surface area contributed by atoms with Crippen LogP contribution in [0.25, 0.3) is 10.8 Å². The smallest absolute Gasteiger partial charge is 0.870 e. The molecule has 0 aromatic heterocycles. The fraction of sp³-hybridized carbons (Fsp3) is 0.148. The minimum Gasteiger partial charge on any atom is -0.870 e. The van der Waals surface area contributed by atoms with Crippen molar-refractivity contribution in [3.05, 3.63) is 81.8 Å². The number of hydrogen-bond donors (Lipinski definition) is 2. The number of anilines is 1. The summed E-state index contributed by atoms with van der Waals surface area (Å²) in [4.78, 5) is 12.7. The molecule has 0 saturated heterocycles. The molecule has 0 bridgehead atoms. The molecule has 4 rings (SSSR count). The molecule has 9 nitrogen and oxygen atoms in total. The van der Waals surface area contributed by atoms with Crippen molar-refractivity contribution in [2.75, 3.05) is 11.9 Å². The summed E-state index contributed by atoms with van der Waals surface area (Å²) >= 11 is 12.5. The molecule has 202 valence electrons. The molecule has 2 N–H and O–H groups in total. The van der Waals surface area contributed by atoms with Gasteiger partial charge < -0.3 is 15.2 Å². The number of rotatable bonds is 8. The first-order chi connectivity index (χ1) is 18.5. The van der Waals surface area contributed by atoms with Crippen LogP contribution in [-0.4, -0.2) is 25.5 Å². The summed E-state index contributed by atoms with van der Waals surface area (Å²) in [5, 5.41) is 25.6. The van der Waals surface area contributed by atoms with E-state index in [1.807, 2.05) is 6.92 Å². The molecule has 1 amide bonds. The number of carbonyl (C=O) groups is 1. The van der Waals surface area contributed by atoms with Crippen LogP contribution in [-0.2, 0) is 16.5 Å². The van der Waals surface area contributed by atoms with Crippen molar-refractivity contribution < 1.29 is 57.2 Å². The maximum absolute atomic E-state index is 13.5. The van der Waals surface area contributed by atoms with E-state index in [0.29, 0.717) is 28.7 Å². The zero-order valence-corrected chi connectivity index (χ0v) is 26.1. The van der Waals surface area contributed by atoms with Gasteiger partial charge in [-0.05, 0) is 54.6 Å². The number of benzene rings is 4. The van der Waals surface area contributed by atoms with E-state index in [1.165, 1.54) is 12.1 Å². The van der Waals surface area contributed by atoms with E-state index in [2.05, 4.69) is 15.5 Å². The van der Waals surface area contributed by atoms with E-state index < -0.39 is 26.7 Å². The second-order valence-electron chi connectivity index (χ2n) is 8.25. The molecule has 4 aromatic rings. The molecule has 0 aliphatic heterocycles. The first-order valence-corrected chi connectivity index (χ1v) is 13.9. The first kappa shape index (κ1) is 31.8. The van der Waals surface area contributed by atoms with Crippen molar-refractivity contribution in [2.24, 2.45) is 10.2 Å². The van der Waals surface area contributed by atoms with Gasteiger partial charge in [0.15, 0.2) is 0 Å². The maximum atomic E-state index is 13.5. The molecule has 0 spiro atoms. The van der Waals surface area contributed by atoms with E-state index in [-0.39, 0.29) is 68.6 Å². The summed E-state index contributed by atoms with van der Waals surface area (Å²) < 4.78 is 39.1. The maximum Gasteiger partial charge on any atom is 1.00 e. The van der Waals surface area contributed by atoms with Gasteiger partial charge in [-0.2, -0.15) is 13.5 Å². The fourth-order valence-electron chi connectivity index (χ4n) is 3.97. The molecule has 0 radical (unpaired) electrons. The normalized spacial score (nSPS) is 11.4. The molecule has 40 heavy (non-hydrogen) atoms. The van der Waals surface area contributed by atoms with Gasteiger partial charge in [0.05, 0.1) is 23.0 Å². The number of fused-ring (bicyclic) bond motifs is 1. The van der Waals surface area contributed by atoms with E-state index in [0.717, 1.165) is 6.07 Å². The summed E-state index contributed by atoms with van der Waals surface area (Å²) in [6, 6.07) is 15.3. The van der Waals surface area contributed by atoms with Gasteiger partial charge in [0.1, 0.15) is 16.3 Å². The molecule has 0 aliphatic carbocycles. The number of nitrogens with zero attached hydrogens (tertiary/aromatic N) is 2. The molecule has 13 heteroatoms. The van der Waals surface area contributed by atoms with Crippen LogP contribution < -0.4 is 44.7 Å². The minimum absolute atomic E-state index is 0. The molecular weight excluding hydrogens is 588 g/mol. The van der Waals surface area contributed by atoms with Crippen LogP contribution in [0.5, 0.6) is 11.5 Å². The second kappa shape index (κ2) is 13.3. The summed E-state index contributed by atoms with van der Waals surface area (Å²) in [5.41, 5.74) is -0.0488. The zero-order chi connectivity index (χ0) is 28.3. The second-order valence-corrected chi connectivity index (χ2v) is 10.5. The van der Waals surface area contributed by atoms with Crippen LogP contribution >= 0.6 is 23.2 Å². The first-order valence-electron chi connectivity index (χ1n) is 11.7. The molecule has 0 aliphatic rings. The summed E-state index contributed by atoms with van der Waals surface area (Å²) in [6.45, 7) is 3.99. The Bertz CT molecular complexity index is 1730. The molecular formula is C27H22Cl2N3NaO6S. The van der Waals surface area contributed by atoms with E-state index in [4.69, 9.17) is 27.9 Å². The average Bonchev–Trinajstić information content (AvgIpc) is 2.89. The van der Waals surface area contributed by atoms with Crippen molar-refractivity contribution >= 4 is 67.1 Å². The summed E-state index contributed by atoms with van der Waals surface area (Å²) in [7, 11) is -4.68. The van der Waals surface area contributed by atoms with Crippen LogP contribution in [0.15, 0.2) is 75.8 Å². The summed E-state index contributed by atoms with van der Waals surface area (Å²) in [6.07, 6.45) is 0.271. The zero-order valence-electron chi connectivity index (χ0n) is 21.7. The Morgan fingerprint density at radius 3 is 2.35 bits per heavy atom. The van der Waals surface area contributed by atoms with Crippen LogP contribution in [0.3, 0.4) is 0 Å². The van der Waals surface area contributed by atoms with Crippen molar-refractivity contribution in [1.29, 1.82) is 0 Å². The fourth-order valence-corrected chi connectivity index (χ4v) is 5.12. The standard InChI is InChI=1S/C27H23Cl2N3O6S.Na/c1-3-17-20(28)10-12-23(39(35,36)37)24(17)31-32-25-18-8-6-5-7-15(18)13-19(26(25)33)27(34)30-22-11-9-16(38-4-2)14-21(22)29;/h5-14,33H,3-4H2,1-2H3,(H,30,34)(H,35,36,37);/q;+1/p-1. The number of nitrogens with one attached hydrogen (secondary N) is 1. The average molecular weight is 610 g/mol. The van der Waals surface area contributed by atoms with Crippen LogP contribution in [0.4, 0.5) is 17.1 Å². The topological polar surface area (TPSA) is 140 Å². The number of hydrogen-bond acceptors (Lipinski definition) is 7. The van der Waals surface area contributed by atoms with E-state index >= 15 is 0 Å². The summed E-state index contributed by atoms with van der Waals surface area (Å²) in [5.74, 6) is -0.954. The van der Waals surface area contributed by atoms with Gasteiger partial charge in [0, 0.05) is 22.0 Å². The largest absolute Gasteiger partial charge is 1.00 e. The van der Waals surface area contributed by atoms with Crippen molar-refractivity contribution in [2.45, 2.75) is 25.2 Å². The number of carbonyl (C=O) groups excluding carboxylic acids is 1. The van der Waals surface area contributed by atoms with Crippen molar-refractivity contribution in [3.63, 3.8) is 0 Å². The van der Waals surface area contributed by atoms with Gasteiger partial charge in [-0.3, -0.25) is 9.35 Å². The quantitative estimate of drug-likeness (QED) is 0.175. The van der Waals surface area contributed by atoms with Gasteiger partial charge in [0.2, 0.25) is 0 Å². The Morgan fingerprint density at radius 1 is 1.00 bits per heavy atom. The molecule has 0 atom stereocenters. The van der Waals surface area contributed by atoms with E-state index in [1.54, 1.807) is 49.4 Å².